The van der Waals surface area contributed by atoms with Gasteiger partial charge in [-0.3, -0.25) is 0 Å². The molecular formula is C12H12NO4+. The fraction of sp³-hybridized carbons (Fsp3) is 0.250. The predicted molar refractivity (Wildman–Crippen MR) is 58.4 cm³/mol. The molecule has 1 aliphatic rings. The van der Waals surface area contributed by atoms with E-state index < -0.39 is 28.8 Å². The number of rotatable bonds is 3. The van der Waals surface area contributed by atoms with Gasteiger partial charge in [0.25, 0.3) is 0 Å². The van der Waals surface area contributed by atoms with Crippen molar-refractivity contribution in [1.29, 1.82) is 0 Å². The molecule has 5 nitrogen and oxygen atoms in total. The van der Waals surface area contributed by atoms with Gasteiger partial charge in [-0.2, -0.15) is 4.48 Å². The summed E-state index contributed by atoms with van der Waals surface area (Å²) in [6.07, 6.45) is 0. The number of carboxylic acid groups (broad SMARTS) is 1. The van der Waals surface area contributed by atoms with Gasteiger partial charge in [-0.15, -0.1) is 0 Å². The van der Waals surface area contributed by atoms with E-state index in [1.165, 1.54) is 0 Å². The molecule has 17 heavy (non-hydrogen) atoms. The topological polar surface area (TPSA) is 71.4 Å². The standard InChI is InChI=1S/C12H11NO4/c1-2-13(7-10(14)15)11(16)8-5-3-4-6-9(8)12(13)17/h3-6H,2,7H2,1H3/p+1. The van der Waals surface area contributed by atoms with E-state index >= 15 is 0 Å². The van der Waals surface area contributed by atoms with Crippen molar-refractivity contribution in [2.45, 2.75) is 6.92 Å². The van der Waals surface area contributed by atoms with Crippen LogP contribution in [0.25, 0.3) is 0 Å². The summed E-state index contributed by atoms with van der Waals surface area (Å²) >= 11 is 0. The summed E-state index contributed by atoms with van der Waals surface area (Å²) < 4.78 is -0.644. The Balaban J connectivity index is 2.57. The van der Waals surface area contributed by atoms with Crippen molar-refractivity contribution in [2.24, 2.45) is 0 Å². The van der Waals surface area contributed by atoms with Crippen molar-refractivity contribution < 1.29 is 24.0 Å². The van der Waals surface area contributed by atoms with Crippen LogP contribution in [0.4, 0.5) is 0 Å². The van der Waals surface area contributed by atoms with Gasteiger partial charge in [0, 0.05) is 0 Å². The van der Waals surface area contributed by atoms with Crippen LogP contribution in [0.2, 0.25) is 0 Å². The Morgan fingerprint density at radius 3 is 2.00 bits per heavy atom. The van der Waals surface area contributed by atoms with E-state index in [4.69, 9.17) is 5.11 Å². The average Bonchev–Trinajstić information content (AvgIpc) is 2.52. The highest BCUT2D eigenvalue weighted by molar-refractivity contribution is 6.14. The molecule has 2 amide bonds. The first kappa shape index (κ1) is 11.5. The molecule has 0 radical (unpaired) electrons. The third-order valence-electron chi connectivity index (χ3n) is 3.11. The van der Waals surface area contributed by atoms with Crippen LogP contribution in [0.5, 0.6) is 0 Å². The Morgan fingerprint density at radius 1 is 1.18 bits per heavy atom. The summed E-state index contributed by atoms with van der Waals surface area (Å²) in [5.41, 5.74) is 0.640. The molecule has 0 saturated carbocycles. The summed E-state index contributed by atoms with van der Waals surface area (Å²) in [5.74, 6) is -1.99. The van der Waals surface area contributed by atoms with E-state index in [-0.39, 0.29) is 6.54 Å². The van der Waals surface area contributed by atoms with Crippen LogP contribution in [0.15, 0.2) is 24.3 Å². The monoisotopic (exact) mass is 234 g/mol. The zero-order chi connectivity index (χ0) is 12.6. The maximum Gasteiger partial charge on any atom is 0.360 e. The molecule has 0 unspecified atom stereocenters. The van der Waals surface area contributed by atoms with Crippen LogP contribution in [-0.4, -0.2) is 40.5 Å². The Bertz CT molecular complexity index is 486. The number of hydrogen-bond donors (Lipinski definition) is 1. The number of benzene rings is 1. The molecule has 0 atom stereocenters. The second-order valence-electron chi connectivity index (χ2n) is 3.99. The third-order valence-corrected chi connectivity index (χ3v) is 3.11. The van der Waals surface area contributed by atoms with E-state index in [1.54, 1.807) is 31.2 Å². The zero-order valence-corrected chi connectivity index (χ0v) is 9.34. The first-order valence-electron chi connectivity index (χ1n) is 5.30. The second-order valence-corrected chi connectivity index (χ2v) is 3.99. The highest BCUT2D eigenvalue weighted by Gasteiger charge is 2.53. The van der Waals surface area contributed by atoms with Crippen molar-refractivity contribution in [3.8, 4) is 0 Å². The maximum atomic E-state index is 12.2. The van der Waals surface area contributed by atoms with Gasteiger partial charge in [-0.05, 0) is 19.1 Å². The molecule has 1 aliphatic heterocycles. The Morgan fingerprint density at radius 2 is 1.65 bits per heavy atom. The first-order valence-corrected chi connectivity index (χ1v) is 5.30. The van der Waals surface area contributed by atoms with E-state index in [0.717, 1.165) is 0 Å². The number of nitrogens with zero attached hydrogens (tertiary/aromatic N) is 1. The zero-order valence-electron chi connectivity index (χ0n) is 9.34. The summed E-state index contributed by atoms with van der Waals surface area (Å²) in [6.45, 7) is 1.30. The lowest BCUT2D eigenvalue weighted by Gasteiger charge is -2.24. The molecule has 2 rings (SSSR count). The molecule has 0 aromatic heterocycles. The van der Waals surface area contributed by atoms with Gasteiger partial charge in [0.2, 0.25) is 0 Å². The molecule has 0 saturated heterocycles. The Hall–Kier alpha value is -2.01. The molecule has 1 heterocycles. The number of fused-ring (bicyclic) bond motifs is 1. The van der Waals surface area contributed by atoms with Crippen LogP contribution < -0.4 is 0 Å². The van der Waals surface area contributed by atoms with Crippen molar-refractivity contribution >= 4 is 17.8 Å². The number of quaternary nitrogens is 1. The van der Waals surface area contributed by atoms with Gasteiger partial charge in [0.15, 0.2) is 6.54 Å². The molecule has 5 heteroatoms. The van der Waals surface area contributed by atoms with Crippen LogP contribution in [0.1, 0.15) is 27.6 Å². The number of carbonyl (C=O) groups is 3. The molecule has 1 N–H and O–H groups in total. The molecule has 0 bridgehead atoms. The minimum Gasteiger partial charge on any atom is -0.477 e. The van der Waals surface area contributed by atoms with Crippen molar-refractivity contribution in [3.05, 3.63) is 35.4 Å². The minimum absolute atomic E-state index is 0.151. The van der Waals surface area contributed by atoms with Gasteiger partial charge < -0.3 is 5.11 Å². The smallest absolute Gasteiger partial charge is 0.360 e. The largest absolute Gasteiger partial charge is 0.477 e. The number of amides is 2. The number of hydrogen-bond acceptors (Lipinski definition) is 3. The summed E-state index contributed by atoms with van der Waals surface area (Å²) in [6, 6.07) is 6.46. The highest BCUT2D eigenvalue weighted by atomic mass is 16.4. The van der Waals surface area contributed by atoms with Gasteiger partial charge in [0.05, 0.1) is 17.7 Å². The van der Waals surface area contributed by atoms with Gasteiger partial charge in [-0.1, -0.05) is 12.1 Å². The lowest BCUT2D eigenvalue weighted by Crippen LogP contribution is -2.55. The third kappa shape index (κ3) is 1.47. The number of aliphatic carboxylic acids is 1. The fourth-order valence-corrected chi connectivity index (χ4v) is 2.18. The summed E-state index contributed by atoms with van der Waals surface area (Å²) in [4.78, 5) is 35.2. The average molecular weight is 234 g/mol. The molecule has 0 fully saturated rings. The summed E-state index contributed by atoms with van der Waals surface area (Å²) in [5, 5.41) is 8.86. The van der Waals surface area contributed by atoms with E-state index in [1.807, 2.05) is 0 Å². The lowest BCUT2D eigenvalue weighted by molar-refractivity contribution is -0.753. The van der Waals surface area contributed by atoms with Gasteiger partial charge in [0.1, 0.15) is 0 Å². The Kier molecular flexibility index (Phi) is 2.55. The molecule has 88 valence electrons. The van der Waals surface area contributed by atoms with E-state index in [9.17, 15) is 14.4 Å². The second kappa shape index (κ2) is 3.78. The van der Waals surface area contributed by atoms with Crippen LogP contribution in [0.3, 0.4) is 0 Å². The number of likely N-dealkylation sites (N-methyl/N-ethyl adjacent to an activating group) is 1. The molecule has 1 aromatic carbocycles. The maximum absolute atomic E-state index is 12.2. The molecule has 0 spiro atoms. The van der Waals surface area contributed by atoms with Crippen LogP contribution in [-0.2, 0) is 4.79 Å². The molecular weight excluding hydrogens is 222 g/mol. The normalized spacial score (nSPS) is 17.0. The minimum atomic E-state index is -1.15. The number of carbonyl (C=O) groups excluding carboxylic acids is 2. The number of imide groups is 1. The van der Waals surface area contributed by atoms with Crippen LogP contribution in [0, 0.1) is 0 Å². The van der Waals surface area contributed by atoms with E-state index in [2.05, 4.69) is 0 Å². The fourth-order valence-electron chi connectivity index (χ4n) is 2.18. The van der Waals surface area contributed by atoms with E-state index in [0.29, 0.717) is 11.1 Å². The van der Waals surface area contributed by atoms with Gasteiger partial charge >= 0.3 is 17.8 Å². The van der Waals surface area contributed by atoms with Crippen LogP contribution >= 0.6 is 0 Å². The summed E-state index contributed by atoms with van der Waals surface area (Å²) in [7, 11) is 0. The first-order chi connectivity index (χ1) is 8.03. The predicted octanol–water partition coefficient (Wildman–Crippen LogP) is 0.902. The molecule has 0 aliphatic carbocycles. The highest BCUT2D eigenvalue weighted by Crippen LogP contribution is 2.29. The van der Waals surface area contributed by atoms with Crippen molar-refractivity contribution in [1.82, 2.24) is 0 Å². The van der Waals surface area contributed by atoms with Gasteiger partial charge in [-0.25, -0.2) is 14.4 Å². The van der Waals surface area contributed by atoms with Crippen molar-refractivity contribution in [2.75, 3.05) is 13.1 Å². The quantitative estimate of drug-likeness (QED) is 0.623. The molecule has 1 aromatic rings. The SMILES string of the molecule is CC[N+]1(CC(=O)O)C(=O)c2ccccc2C1=O. The Labute approximate surface area is 97.9 Å². The number of carboxylic acids is 1. The lowest BCUT2D eigenvalue weighted by atomic mass is 10.1. The van der Waals surface area contributed by atoms with Crippen molar-refractivity contribution in [3.63, 3.8) is 0 Å².